The molecule has 2 aromatic rings. The van der Waals surface area contributed by atoms with Crippen LogP contribution in [0.25, 0.3) is 11.8 Å². The van der Waals surface area contributed by atoms with E-state index >= 15 is 0 Å². The minimum atomic E-state index is -1.30. The van der Waals surface area contributed by atoms with E-state index in [1.807, 2.05) is 17.8 Å². The van der Waals surface area contributed by atoms with E-state index in [1.165, 1.54) is 24.6 Å². The second kappa shape index (κ2) is 8.27. The maximum absolute atomic E-state index is 13.5. The van der Waals surface area contributed by atoms with Crippen LogP contribution < -0.4 is 0 Å². The minimum absolute atomic E-state index is 0.0241. The Bertz CT molecular complexity index is 1320. The summed E-state index contributed by atoms with van der Waals surface area (Å²) in [4.78, 5) is 24.9. The highest BCUT2D eigenvalue weighted by Gasteiger charge is 2.70. The smallest absolute Gasteiger partial charge is 0.303 e. The minimum Gasteiger partial charge on any atom is -0.450 e. The largest absolute Gasteiger partial charge is 0.450 e. The van der Waals surface area contributed by atoms with Crippen LogP contribution in [-0.4, -0.2) is 37.7 Å². The molecule has 0 saturated heterocycles. The predicted octanol–water partition coefficient (Wildman–Crippen LogP) is 4.92. The van der Waals surface area contributed by atoms with Gasteiger partial charge in [0.05, 0.1) is 23.7 Å². The summed E-state index contributed by atoms with van der Waals surface area (Å²) in [6, 6.07) is 6.35. The number of ether oxygens (including phenoxy) is 1. The van der Waals surface area contributed by atoms with Crippen molar-refractivity contribution >= 4 is 29.8 Å². The Morgan fingerprint density at radius 3 is 2.62 bits per heavy atom. The molecular formula is C29H33FN2O4S. The third-order valence-corrected chi connectivity index (χ3v) is 10.6. The number of aliphatic hydroxyl groups is 1. The van der Waals surface area contributed by atoms with Crippen LogP contribution in [0, 0.1) is 34.4 Å². The van der Waals surface area contributed by atoms with Gasteiger partial charge in [-0.05, 0) is 97.6 Å². The Kier molecular flexibility index (Phi) is 5.56. The van der Waals surface area contributed by atoms with E-state index in [-0.39, 0.29) is 29.0 Å². The number of esters is 1. The van der Waals surface area contributed by atoms with Crippen LogP contribution in [-0.2, 0) is 20.7 Å². The summed E-state index contributed by atoms with van der Waals surface area (Å²) in [6.45, 7) is 5.61. The third kappa shape index (κ3) is 3.37. The van der Waals surface area contributed by atoms with Gasteiger partial charge in [-0.1, -0.05) is 19.4 Å². The SMILES string of the molecule is CC(=O)OC1(C(=O)S)CC[C@H]2C3CCC4=Cc5c(cnn5-c5ccc(F)cc5)CC4(C)[C@H]3[C@@H](O)CC21C. The van der Waals surface area contributed by atoms with Gasteiger partial charge in [0.1, 0.15) is 5.82 Å². The molecule has 0 spiro atoms. The fourth-order valence-electron chi connectivity index (χ4n) is 8.77. The van der Waals surface area contributed by atoms with Crippen LogP contribution >= 0.6 is 12.6 Å². The highest BCUT2D eigenvalue weighted by Crippen LogP contribution is 2.68. The number of nitrogens with zero attached hydrogens (tertiary/aromatic N) is 2. The molecule has 37 heavy (non-hydrogen) atoms. The molecule has 6 rings (SSSR count). The van der Waals surface area contributed by atoms with Crippen LogP contribution in [0.4, 0.5) is 4.39 Å². The number of rotatable bonds is 3. The lowest BCUT2D eigenvalue weighted by atomic mass is 9.45. The number of aromatic nitrogens is 2. The summed E-state index contributed by atoms with van der Waals surface area (Å²) in [6.07, 6.45) is 7.63. The zero-order valence-corrected chi connectivity index (χ0v) is 22.3. The Morgan fingerprint density at radius 2 is 1.95 bits per heavy atom. The molecule has 1 N–H and O–H groups in total. The van der Waals surface area contributed by atoms with Gasteiger partial charge < -0.3 is 9.84 Å². The van der Waals surface area contributed by atoms with E-state index in [2.05, 4.69) is 30.7 Å². The maximum Gasteiger partial charge on any atom is 0.303 e. The molecule has 8 heteroatoms. The average Bonchev–Trinajstić information content (AvgIpc) is 3.35. The van der Waals surface area contributed by atoms with E-state index in [0.29, 0.717) is 12.8 Å². The van der Waals surface area contributed by atoms with Gasteiger partial charge in [-0.15, -0.1) is 12.6 Å². The van der Waals surface area contributed by atoms with Gasteiger partial charge in [-0.25, -0.2) is 9.07 Å². The Balaban J connectivity index is 1.37. The molecule has 7 atom stereocenters. The number of halogens is 1. The van der Waals surface area contributed by atoms with Crippen LogP contribution in [0.3, 0.4) is 0 Å². The quantitative estimate of drug-likeness (QED) is 0.440. The van der Waals surface area contributed by atoms with Crippen LogP contribution in [0.1, 0.15) is 64.1 Å². The Morgan fingerprint density at radius 1 is 1.22 bits per heavy atom. The monoisotopic (exact) mass is 524 g/mol. The molecular weight excluding hydrogens is 491 g/mol. The normalized spacial score (nSPS) is 38.1. The molecule has 0 bridgehead atoms. The van der Waals surface area contributed by atoms with Crippen molar-refractivity contribution < 1.29 is 23.8 Å². The van der Waals surface area contributed by atoms with Gasteiger partial charge in [0, 0.05) is 12.3 Å². The number of fused-ring (bicyclic) bond motifs is 6. The standard InChI is InChI=1S/C29H33FN2O4S/c1-16(33)36-29(26(35)37)11-10-22-21-9-4-18-12-23-17(15-31-32(23)20-7-5-19(30)6-8-20)13-27(18,2)25(21)24(34)14-28(22,29)3/h5-8,12,15,21-22,24-25,34H,4,9-11,13-14H2,1-3H3,(H,35,37)/t21?,22-,24-,25+,27?,28?,29?/m0/s1. The van der Waals surface area contributed by atoms with Gasteiger partial charge in [0.15, 0.2) is 5.60 Å². The molecule has 6 nitrogen and oxygen atoms in total. The van der Waals surface area contributed by atoms with Gasteiger partial charge in [-0.3, -0.25) is 9.59 Å². The first-order chi connectivity index (χ1) is 17.5. The predicted molar refractivity (Wildman–Crippen MR) is 139 cm³/mol. The van der Waals surface area contributed by atoms with Crippen molar-refractivity contribution in [1.82, 2.24) is 9.78 Å². The number of aliphatic hydroxyl groups excluding tert-OH is 1. The van der Waals surface area contributed by atoms with Crippen molar-refractivity contribution in [3.05, 3.63) is 53.1 Å². The first-order valence-corrected chi connectivity index (χ1v) is 13.6. The highest BCUT2D eigenvalue weighted by atomic mass is 32.1. The Hall–Kier alpha value is -2.45. The number of carbonyl (C=O) groups is 2. The van der Waals surface area contributed by atoms with E-state index in [0.717, 1.165) is 42.6 Å². The van der Waals surface area contributed by atoms with Crippen molar-refractivity contribution in [3.8, 4) is 5.69 Å². The van der Waals surface area contributed by atoms with Crippen molar-refractivity contribution in [3.63, 3.8) is 0 Å². The molecule has 3 fully saturated rings. The van der Waals surface area contributed by atoms with Gasteiger partial charge in [-0.2, -0.15) is 5.10 Å². The molecule has 196 valence electrons. The molecule has 0 aliphatic heterocycles. The number of hydrogen-bond donors (Lipinski definition) is 2. The number of thiol groups is 1. The van der Waals surface area contributed by atoms with Gasteiger partial charge in [0.2, 0.25) is 5.12 Å². The van der Waals surface area contributed by atoms with Gasteiger partial charge >= 0.3 is 5.97 Å². The van der Waals surface area contributed by atoms with E-state index in [1.54, 1.807) is 12.1 Å². The number of carbonyl (C=O) groups excluding carboxylic acids is 2. The zero-order chi connectivity index (χ0) is 26.3. The van der Waals surface area contributed by atoms with Crippen molar-refractivity contribution in [2.45, 2.75) is 71.0 Å². The number of allylic oxidation sites excluding steroid dienone is 1. The van der Waals surface area contributed by atoms with Crippen LogP contribution in [0.15, 0.2) is 36.0 Å². The third-order valence-electron chi connectivity index (χ3n) is 10.3. The molecule has 1 aromatic heterocycles. The maximum atomic E-state index is 13.5. The lowest BCUT2D eigenvalue weighted by Gasteiger charge is -2.60. The Labute approximate surface area is 221 Å². The fraction of sp³-hybridized carbons (Fsp3) is 0.552. The molecule has 4 aliphatic rings. The van der Waals surface area contributed by atoms with Crippen molar-refractivity contribution in [1.29, 1.82) is 0 Å². The zero-order valence-electron chi connectivity index (χ0n) is 21.4. The van der Waals surface area contributed by atoms with E-state index in [9.17, 15) is 19.1 Å². The first kappa shape index (κ1) is 24.9. The topological polar surface area (TPSA) is 81.4 Å². The van der Waals surface area contributed by atoms with E-state index in [4.69, 9.17) is 4.74 Å². The summed E-state index contributed by atoms with van der Waals surface area (Å²) in [5.41, 5.74) is 2.04. The number of hydrogen-bond acceptors (Lipinski definition) is 5. The molecule has 4 unspecified atom stereocenters. The molecule has 0 radical (unpaired) electrons. The lowest BCUT2D eigenvalue weighted by Crippen LogP contribution is -2.62. The molecule has 3 saturated carbocycles. The second-order valence-electron chi connectivity index (χ2n) is 12.0. The molecule has 4 aliphatic carbocycles. The lowest BCUT2D eigenvalue weighted by molar-refractivity contribution is -0.194. The first-order valence-electron chi connectivity index (χ1n) is 13.1. The molecule has 1 aromatic carbocycles. The van der Waals surface area contributed by atoms with E-state index < -0.39 is 28.2 Å². The molecule has 1 heterocycles. The van der Waals surface area contributed by atoms with Gasteiger partial charge in [0.25, 0.3) is 0 Å². The van der Waals surface area contributed by atoms with Crippen molar-refractivity contribution in [2.75, 3.05) is 0 Å². The summed E-state index contributed by atoms with van der Waals surface area (Å²) >= 11 is 4.20. The van der Waals surface area contributed by atoms with Crippen LogP contribution in [0.2, 0.25) is 0 Å². The highest BCUT2D eigenvalue weighted by molar-refractivity contribution is 7.96. The summed E-state index contributed by atoms with van der Waals surface area (Å²) in [5, 5.41) is 16.0. The summed E-state index contributed by atoms with van der Waals surface area (Å²) in [7, 11) is 0. The van der Waals surface area contributed by atoms with Crippen molar-refractivity contribution in [2.24, 2.45) is 28.6 Å². The molecule has 0 amide bonds. The second-order valence-corrected chi connectivity index (χ2v) is 12.4. The summed E-state index contributed by atoms with van der Waals surface area (Å²) < 4.78 is 21.1. The average molecular weight is 525 g/mol. The number of benzene rings is 1. The van der Waals surface area contributed by atoms with Crippen LogP contribution in [0.5, 0.6) is 0 Å². The fourth-order valence-corrected chi connectivity index (χ4v) is 9.18. The summed E-state index contributed by atoms with van der Waals surface area (Å²) in [5.74, 6) is -0.389.